The minimum Gasteiger partial charge on any atom is -0.309 e. The van der Waals surface area contributed by atoms with Crippen LogP contribution in [-0.4, -0.2) is 32.2 Å². The Balaban J connectivity index is 1.11. The number of H-pyrrole nitrogens is 2. The summed E-state index contributed by atoms with van der Waals surface area (Å²) in [5.41, 5.74) is 3.95. The highest BCUT2D eigenvalue weighted by Gasteiger charge is 2.09. The maximum absolute atomic E-state index is 12.2. The third kappa shape index (κ3) is 7.96. The van der Waals surface area contributed by atoms with E-state index >= 15 is 0 Å². The number of benzene rings is 2. The number of rotatable bonds is 12. The number of carbonyl (C=O) groups is 2. The van der Waals surface area contributed by atoms with Crippen molar-refractivity contribution in [2.24, 2.45) is 0 Å². The highest BCUT2D eigenvalue weighted by Crippen LogP contribution is 2.13. The zero-order chi connectivity index (χ0) is 24.3. The number of aromatic nitrogens is 4. The normalized spacial score (nSPS) is 10.7. The van der Waals surface area contributed by atoms with Gasteiger partial charge in [0.25, 0.3) is 0 Å². The zero-order valence-corrected chi connectivity index (χ0v) is 19.6. The SMILES string of the molecule is O=C(Cc1ccccc1)Nc1cc(CCCCCc2cc(NC(=O)Cc3ccccc3)n[nH]2)[nH]n1. The van der Waals surface area contributed by atoms with E-state index in [0.29, 0.717) is 24.5 Å². The van der Waals surface area contributed by atoms with Gasteiger partial charge in [0.05, 0.1) is 12.8 Å². The van der Waals surface area contributed by atoms with Crippen LogP contribution in [0.25, 0.3) is 0 Å². The largest absolute Gasteiger partial charge is 0.309 e. The molecule has 0 saturated heterocycles. The number of aromatic amines is 2. The predicted molar refractivity (Wildman–Crippen MR) is 136 cm³/mol. The van der Waals surface area contributed by atoms with Crippen molar-refractivity contribution in [1.29, 1.82) is 0 Å². The monoisotopic (exact) mass is 470 g/mol. The molecule has 0 radical (unpaired) electrons. The minimum absolute atomic E-state index is 0.0792. The molecule has 0 aliphatic carbocycles. The van der Waals surface area contributed by atoms with Crippen molar-refractivity contribution >= 4 is 23.5 Å². The summed E-state index contributed by atoms with van der Waals surface area (Å²) >= 11 is 0. The molecule has 2 aromatic heterocycles. The zero-order valence-electron chi connectivity index (χ0n) is 19.6. The van der Waals surface area contributed by atoms with Crippen molar-refractivity contribution in [3.05, 3.63) is 95.3 Å². The predicted octanol–water partition coefficient (Wildman–Crippen LogP) is 4.45. The smallest absolute Gasteiger partial charge is 0.229 e. The first-order valence-electron chi connectivity index (χ1n) is 11.9. The molecular formula is C27H30N6O2. The fraction of sp³-hybridized carbons (Fsp3) is 0.259. The molecular weight excluding hydrogens is 440 g/mol. The molecule has 35 heavy (non-hydrogen) atoms. The van der Waals surface area contributed by atoms with Gasteiger partial charge in [-0.1, -0.05) is 67.1 Å². The van der Waals surface area contributed by atoms with E-state index in [-0.39, 0.29) is 11.8 Å². The third-order valence-electron chi connectivity index (χ3n) is 5.60. The number of unbranched alkanes of at least 4 members (excludes halogenated alkanes) is 2. The molecule has 0 aliphatic heterocycles. The Morgan fingerprint density at radius 2 is 1.06 bits per heavy atom. The van der Waals surface area contributed by atoms with E-state index in [1.54, 1.807) is 0 Å². The Morgan fingerprint density at radius 3 is 1.49 bits per heavy atom. The van der Waals surface area contributed by atoms with Crippen molar-refractivity contribution in [2.45, 2.75) is 44.9 Å². The Hall–Kier alpha value is -4.20. The number of nitrogens with one attached hydrogen (secondary N) is 4. The summed E-state index contributed by atoms with van der Waals surface area (Å²) in [6, 6.07) is 23.1. The fourth-order valence-electron chi connectivity index (χ4n) is 3.85. The van der Waals surface area contributed by atoms with E-state index in [9.17, 15) is 9.59 Å². The van der Waals surface area contributed by atoms with Crippen LogP contribution < -0.4 is 10.6 Å². The van der Waals surface area contributed by atoms with Crippen LogP contribution >= 0.6 is 0 Å². The highest BCUT2D eigenvalue weighted by atomic mass is 16.2. The molecule has 8 heteroatoms. The van der Waals surface area contributed by atoms with Gasteiger partial charge in [0.2, 0.25) is 11.8 Å². The Kier molecular flexibility index (Phi) is 8.42. The molecule has 8 nitrogen and oxygen atoms in total. The molecule has 2 aromatic carbocycles. The molecule has 0 fully saturated rings. The summed E-state index contributed by atoms with van der Waals surface area (Å²) in [7, 11) is 0. The number of nitrogens with zero attached hydrogens (tertiary/aromatic N) is 2. The lowest BCUT2D eigenvalue weighted by Gasteiger charge is -2.01. The lowest BCUT2D eigenvalue weighted by atomic mass is 10.1. The minimum atomic E-state index is -0.0792. The van der Waals surface area contributed by atoms with Crippen molar-refractivity contribution in [2.75, 3.05) is 10.6 Å². The number of hydrogen-bond acceptors (Lipinski definition) is 4. The Bertz CT molecular complexity index is 1120. The van der Waals surface area contributed by atoms with Crippen LogP contribution in [0.5, 0.6) is 0 Å². The summed E-state index contributed by atoms with van der Waals surface area (Å²) in [4.78, 5) is 24.3. The van der Waals surface area contributed by atoms with E-state index in [0.717, 1.165) is 54.6 Å². The van der Waals surface area contributed by atoms with Crippen LogP contribution in [0.15, 0.2) is 72.8 Å². The van der Waals surface area contributed by atoms with Crippen LogP contribution in [0, 0.1) is 0 Å². The second-order valence-electron chi connectivity index (χ2n) is 8.54. The van der Waals surface area contributed by atoms with Crippen molar-refractivity contribution in [1.82, 2.24) is 20.4 Å². The van der Waals surface area contributed by atoms with Gasteiger partial charge in [-0.3, -0.25) is 19.8 Å². The topological polar surface area (TPSA) is 116 Å². The molecule has 0 spiro atoms. The molecule has 0 aliphatic rings. The Labute approximate surface area is 204 Å². The second kappa shape index (κ2) is 12.3. The first-order valence-corrected chi connectivity index (χ1v) is 11.9. The average Bonchev–Trinajstić information content (AvgIpc) is 3.49. The summed E-state index contributed by atoms with van der Waals surface area (Å²) < 4.78 is 0. The molecule has 4 N–H and O–H groups in total. The average molecular weight is 471 g/mol. The molecule has 0 bridgehead atoms. The number of amides is 2. The first kappa shape index (κ1) is 23.9. The molecule has 2 amide bonds. The molecule has 4 rings (SSSR count). The summed E-state index contributed by atoms with van der Waals surface area (Å²) in [5, 5.41) is 20.1. The van der Waals surface area contributed by atoms with E-state index in [1.807, 2.05) is 72.8 Å². The van der Waals surface area contributed by atoms with Crippen LogP contribution in [-0.2, 0) is 35.3 Å². The van der Waals surface area contributed by atoms with E-state index in [2.05, 4.69) is 31.0 Å². The standard InChI is InChI=1S/C27H30N6O2/c34-26(16-20-10-4-1-5-11-20)28-24-18-22(30-32-24)14-8-3-9-15-23-19-25(33-31-23)29-27(35)17-21-12-6-2-7-13-21/h1-2,4-7,10-13,18-19H,3,8-9,14-17H2,(H2,28,30,32,34)(H2,29,31,33,35). The molecule has 4 aromatic rings. The van der Waals surface area contributed by atoms with Crippen LogP contribution in [0.2, 0.25) is 0 Å². The molecule has 0 atom stereocenters. The van der Waals surface area contributed by atoms with Gasteiger partial charge >= 0.3 is 0 Å². The van der Waals surface area contributed by atoms with Gasteiger partial charge in [-0.05, 0) is 36.8 Å². The first-order chi connectivity index (χ1) is 17.1. The number of anilines is 2. The van der Waals surface area contributed by atoms with E-state index < -0.39 is 0 Å². The fourth-order valence-corrected chi connectivity index (χ4v) is 3.85. The summed E-state index contributed by atoms with van der Waals surface area (Å²) in [6.07, 6.45) is 5.45. The highest BCUT2D eigenvalue weighted by molar-refractivity contribution is 5.91. The van der Waals surface area contributed by atoms with E-state index in [1.165, 1.54) is 0 Å². The van der Waals surface area contributed by atoms with Gasteiger partial charge < -0.3 is 10.6 Å². The van der Waals surface area contributed by atoms with E-state index in [4.69, 9.17) is 0 Å². The summed E-state index contributed by atoms with van der Waals surface area (Å²) in [5.74, 6) is 0.953. The Morgan fingerprint density at radius 1 is 0.629 bits per heavy atom. The lowest BCUT2D eigenvalue weighted by molar-refractivity contribution is -0.116. The maximum atomic E-state index is 12.2. The van der Waals surface area contributed by atoms with Crippen LogP contribution in [0.3, 0.4) is 0 Å². The molecule has 180 valence electrons. The van der Waals surface area contributed by atoms with Crippen LogP contribution in [0.1, 0.15) is 41.8 Å². The van der Waals surface area contributed by atoms with Gasteiger partial charge in [-0.15, -0.1) is 0 Å². The maximum Gasteiger partial charge on any atom is 0.229 e. The van der Waals surface area contributed by atoms with Crippen molar-refractivity contribution in [3.8, 4) is 0 Å². The lowest BCUT2D eigenvalue weighted by Crippen LogP contribution is -2.14. The van der Waals surface area contributed by atoms with Gasteiger partial charge in [-0.2, -0.15) is 10.2 Å². The second-order valence-corrected chi connectivity index (χ2v) is 8.54. The number of aryl methyl sites for hydroxylation is 2. The van der Waals surface area contributed by atoms with Gasteiger partial charge in [0.1, 0.15) is 0 Å². The van der Waals surface area contributed by atoms with Gasteiger partial charge in [0, 0.05) is 23.5 Å². The van der Waals surface area contributed by atoms with Crippen molar-refractivity contribution < 1.29 is 9.59 Å². The number of carbonyl (C=O) groups excluding carboxylic acids is 2. The molecule has 0 unspecified atom stereocenters. The molecule has 2 heterocycles. The quantitative estimate of drug-likeness (QED) is 0.229. The third-order valence-corrected chi connectivity index (χ3v) is 5.60. The number of hydrogen-bond donors (Lipinski definition) is 4. The van der Waals surface area contributed by atoms with Crippen molar-refractivity contribution in [3.63, 3.8) is 0 Å². The molecule has 0 saturated carbocycles. The van der Waals surface area contributed by atoms with Gasteiger partial charge in [-0.25, -0.2) is 0 Å². The van der Waals surface area contributed by atoms with Gasteiger partial charge in [0.15, 0.2) is 11.6 Å². The summed E-state index contributed by atoms with van der Waals surface area (Å²) in [6.45, 7) is 0. The van der Waals surface area contributed by atoms with Crippen LogP contribution in [0.4, 0.5) is 11.6 Å².